The van der Waals surface area contributed by atoms with E-state index in [4.69, 9.17) is 4.74 Å². The summed E-state index contributed by atoms with van der Waals surface area (Å²) >= 11 is 0. The van der Waals surface area contributed by atoms with E-state index < -0.39 is 44.5 Å². The van der Waals surface area contributed by atoms with Crippen LogP contribution in [0.1, 0.15) is 0 Å². The molecule has 0 radical (unpaired) electrons. The van der Waals surface area contributed by atoms with Gasteiger partial charge in [-0.15, -0.1) is 0 Å². The van der Waals surface area contributed by atoms with Gasteiger partial charge in [-0.25, -0.2) is 0 Å². The molecule has 0 amide bonds. The molecule has 0 unspecified atom stereocenters. The summed E-state index contributed by atoms with van der Waals surface area (Å²) in [6.45, 7) is 0. The molecule has 0 aliphatic heterocycles. The maximum Gasteiger partial charge on any atom is 0.460 e. The summed E-state index contributed by atoms with van der Waals surface area (Å²) < 4.78 is 148. The smallest absolute Gasteiger partial charge is 0.460 e. The van der Waals surface area contributed by atoms with Crippen LogP contribution in [0.5, 0.6) is 11.5 Å². The van der Waals surface area contributed by atoms with E-state index >= 15 is 0 Å². The van der Waals surface area contributed by atoms with Crippen molar-refractivity contribution >= 4 is 21.0 Å². The molecule has 0 fully saturated rings. The number of pyridine rings is 1. The predicted molar refractivity (Wildman–Crippen MR) is 78.7 cm³/mol. The molecule has 0 aliphatic carbocycles. The first-order chi connectivity index (χ1) is 13.0. The van der Waals surface area contributed by atoms with Crippen LogP contribution < -0.4 is 8.92 Å². The highest BCUT2D eigenvalue weighted by atomic mass is 32.2. The summed E-state index contributed by atoms with van der Waals surface area (Å²) in [4.78, 5) is 3.69. The minimum absolute atomic E-state index is 0.00782. The van der Waals surface area contributed by atoms with Gasteiger partial charge < -0.3 is 8.92 Å². The van der Waals surface area contributed by atoms with E-state index in [1.807, 2.05) is 0 Å². The van der Waals surface area contributed by atoms with Gasteiger partial charge in [0, 0.05) is 17.6 Å². The van der Waals surface area contributed by atoms with Crippen LogP contribution >= 0.6 is 0 Å². The fraction of sp³-hybridized carbons (Fsp3) is 0.357. The SMILES string of the molecule is COc1ccc2nccc(OS(=O)(=O)C(F)(F)C(F)(F)C(F)(F)C(F)(F)F)c2c1. The number of aromatic nitrogens is 1. The molecule has 0 spiro atoms. The topological polar surface area (TPSA) is 65.5 Å². The highest BCUT2D eigenvalue weighted by Crippen LogP contribution is 2.55. The Morgan fingerprint density at radius 2 is 1.48 bits per heavy atom. The summed E-state index contributed by atoms with van der Waals surface area (Å²) in [6.07, 6.45) is -6.38. The Morgan fingerprint density at radius 1 is 0.897 bits per heavy atom. The van der Waals surface area contributed by atoms with Crippen LogP contribution in [0, 0.1) is 0 Å². The second-order valence-corrected chi connectivity index (χ2v) is 6.98. The first-order valence-electron chi connectivity index (χ1n) is 7.06. The number of hydrogen-bond acceptors (Lipinski definition) is 5. The van der Waals surface area contributed by atoms with Gasteiger partial charge in [-0.1, -0.05) is 0 Å². The van der Waals surface area contributed by atoms with Crippen LogP contribution in [0.2, 0.25) is 0 Å². The quantitative estimate of drug-likeness (QED) is 0.476. The molecule has 0 bridgehead atoms. The number of alkyl halides is 9. The largest absolute Gasteiger partial charge is 0.497 e. The molecule has 1 aromatic heterocycles. The second-order valence-electron chi connectivity index (χ2n) is 5.39. The molecule has 29 heavy (non-hydrogen) atoms. The van der Waals surface area contributed by atoms with Crippen LogP contribution in [-0.4, -0.2) is 43.8 Å². The van der Waals surface area contributed by atoms with Gasteiger partial charge in [0.1, 0.15) is 5.75 Å². The van der Waals surface area contributed by atoms with Crippen molar-refractivity contribution in [3.8, 4) is 11.5 Å². The van der Waals surface area contributed by atoms with Crippen LogP contribution in [0.4, 0.5) is 39.5 Å². The zero-order valence-corrected chi connectivity index (χ0v) is 14.6. The number of fused-ring (bicyclic) bond motifs is 1. The van der Waals surface area contributed by atoms with Gasteiger partial charge in [0.05, 0.1) is 12.6 Å². The number of ether oxygens (including phenoxy) is 1. The summed E-state index contributed by atoms with van der Waals surface area (Å²) in [6, 6.07) is 4.04. The van der Waals surface area contributed by atoms with Crippen molar-refractivity contribution < 1.29 is 56.9 Å². The molecule has 2 rings (SSSR count). The molecule has 1 aromatic carbocycles. The highest BCUT2D eigenvalue weighted by Gasteiger charge is 2.86. The number of halogens is 9. The van der Waals surface area contributed by atoms with E-state index in [0.29, 0.717) is 6.07 Å². The van der Waals surface area contributed by atoms with Crippen molar-refractivity contribution in [3.05, 3.63) is 30.5 Å². The molecule has 0 saturated heterocycles. The van der Waals surface area contributed by atoms with Crippen LogP contribution in [0.25, 0.3) is 10.9 Å². The lowest BCUT2D eigenvalue weighted by Crippen LogP contribution is -2.63. The monoisotopic (exact) mass is 457 g/mol. The normalized spacial score (nSPS) is 14.1. The second kappa shape index (κ2) is 6.81. The average Bonchev–Trinajstić information content (AvgIpc) is 2.60. The summed E-state index contributed by atoms with van der Waals surface area (Å²) in [7, 11) is -5.90. The third-order valence-electron chi connectivity index (χ3n) is 3.54. The predicted octanol–water partition coefficient (Wildman–Crippen LogP) is 4.38. The minimum atomic E-state index is -7.39. The van der Waals surface area contributed by atoms with E-state index in [0.717, 1.165) is 19.4 Å². The number of hydrogen-bond donors (Lipinski definition) is 0. The number of methoxy groups -OCH3 is 1. The van der Waals surface area contributed by atoms with Gasteiger partial charge in [0.2, 0.25) is 0 Å². The van der Waals surface area contributed by atoms with E-state index in [9.17, 15) is 47.9 Å². The Bertz CT molecular complexity index is 1020. The van der Waals surface area contributed by atoms with Crippen molar-refractivity contribution in [2.45, 2.75) is 23.3 Å². The van der Waals surface area contributed by atoms with E-state index in [2.05, 4.69) is 9.17 Å². The van der Waals surface area contributed by atoms with Crippen molar-refractivity contribution in [1.29, 1.82) is 0 Å². The van der Waals surface area contributed by atoms with Crippen LogP contribution in [-0.2, 0) is 10.1 Å². The Morgan fingerprint density at radius 3 is 2.00 bits per heavy atom. The van der Waals surface area contributed by atoms with Crippen molar-refractivity contribution in [2.75, 3.05) is 7.11 Å². The van der Waals surface area contributed by atoms with Gasteiger partial charge in [-0.3, -0.25) is 4.98 Å². The molecule has 0 atom stereocenters. The minimum Gasteiger partial charge on any atom is -0.497 e. The summed E-state index contributed by atoms with van der Waals surface area (Å²) in [5.74, 6) is -15.9. The number of nitrogens with zero attached hydrogens (tertiary/aromatic N) is 1. The van der Waals surface area contributed by atoms with Gasteiger partial charge in [0.15, 0.2) is 5.75 Å². The standard InChI is InChI=1S/C14H8F9NO4S/c1-27-7-2-3-9-8(6-7)10(4-5-24-9)28-29(25,26)14(22,23)12(17,18)11(15,16)13(19,20)21/h2-6H,1H3. The molecule has 2 aromatic rings. The first kappa shape index (κ1) is 22.8. The average molecular weight is 457 g/mol. The van der Waals surface area contributed by atoms with E-state index in [1.54, 1.807) is 0 Å². The number of benzene rings is 1. The Hall–Kier alpha value is -2.45. The van der Waals surface area contributed by atoms with Crippen LogP contribution in [0.3, 0.4) is 0 Å². The third-order valence-corrected chi connectivity index (χ3v) is 4.82. The summed E-state index contributed by atoms with van der Waals surface area (Å²) in [5, 5.41) is -7.36. The molecule has 15 heteroatoms. The molecular formula is C14H8F9NO4S. The fourth-order valence-corrected chi connectivity index (χ4v) is 2.92. The zero-order chi connectivity index (χ0) is 22.5. The van der Waals surface area contributed by atoms with Gasteiger partial charge >= 0.3 is 33.4 Å². The van der Waals surface area contributed by atoms with Crippen molar-refractivity contribution in [2.24, 2.45) is 0 Å². The van der Waals surface area contributed by atoms with Gasteiger partial charge in [-0.2, -0.15) is 47.9 Å². The maximum atomic E-state index is 13.8. The Labute approximate surface area is 156 Å². The lowest BCUT2D eigenvalue weighted by molar-refractivity contribution is -0.382. The van der Waals surface area contributed by atoms with Crippen molar-refractivity contribution in [3.63, 3.8) is 0 Å². The zero-order valence-electron chi connectivity index (χ0n) is 13.8. The maximum absolute atomic E-state index is 13.8. The molecule has 0 saturated carbocycles. The lowest BCUT2D eigenvalue weighted by atomic mass is 10.1. The van der Waals surface area contributed by atoms with Gasteiger partial charge in [-0.05, 0) is 18.2 Å². The fourth-order valence-electron chi connectivity index (χ4n) is 1.99. The number of rotatable bonds is 6. The molecule has 1 heterocycles. The van der Waals surface area contributed by atoms with Gasteiger partial charge in [0.25, 0.3) is 0 Å². The molecule has 162 valence electrons. The first-order valence-corrected chi connectivity index (χ1v) is 8.47. The van der Waals surface area contributed by atoms with Crippen LogP contribution in [0.15, 0.2) is 30.5 Å². The van der Waals surface area contributed by atoms with E-state index in [1.165, 1.54) is 12.1 Å². The molecule has 0 N–H and O–H groups in total. The third kappa shape index (κ3) is 3.51. The Kier molecular flexibility index (Phi) is 5.36. The Balaban J connectivity index is 2.57. The summed E-state index contributed by atoms with van der Waals surface area (Å²) in [5.41, 5.74) is -0.116. The van der Waals surface area contributed by atoms with E-state index in [-0.39, 0.29) is 11.3 Å². The molecule has 0 aliphatic rings. The highest BCUT2D eigenvalue weighted by molar-refractivity contribution is 7.88. The lowest BCUT2D eigenvalue weighted by Gasteiger charge is -2.32. The molecular weight excluding hydrogens is 449 g/mol. The molecule has 5 nitrogen and oxygen atoms in total. The van der Waals surface area contributed by atoms with Crippen molar-refractivity contribution in [1.82, 2.24) is 4.98 Å².